The van der Waals surface area contributed by atoms with Crippen LogP contribution in [-0.2, 0) is 27.0 Å². The van der Waals surface area contributed by atoms with Crippen LogP contribution in [0, 0.1) is 0 Å². The molecule has 9 heteroatoms. The molecule has 1 saturated heterocycles. The highest BCUT2D eigenvalue weighted by atomic mass is 35.5. The fourth-order valence-electron chi connectivity index (χ4n) is 3.03. The van der Waals surface area contributed by atoms with Gasteiger partial charge in [-0.15, -0.1) is 0 Å². The predicted octanol–water partition coefficient (Wildman–Crippen LogP) is 3.30. The monoisotopic (exact) mass is 438 g/mol. The molecule has 3 rings (SSSR count). The number of carbonyl (C=O) groups is 2. The number of nitrogens with zero attached hydrogens (tertiary/aromatic N) is 2. The molecule has 2 amide bonds. The standard InChI is InChI=1S/C20H23ClN2O5S/c1-2-27-20(25)23-11-9-22(10-12-23)19(24)18-8-7-16(28-18)14-29(26)13-15-5-3-4-6-17(15)21/h3-8H,2,9-14H2,1H3/t29-/m0/s1. The van der Waals surface area contributed by atoms with Crippen molar-refractivity contribution in [3.8, 4) is 0 Å². The minimum Gasteiger partial charge on any atom is -0.455 e. The van der Waals surface area contributed by atoms with E-state index in [1.807, 2.05) is 18.2 Å². The van der Waals surface area contributed by atoms with Crippen LogP contribution in [0.3, 0.4) is 0 Å². The second kappa shape index (κ2) is 9.93. The Hall–Kier alpha value is -2.32. The maximum absolute atomic E-state index is 12.6. The molecule has 1 aliphatic rings. The molecule has 0 bridgehead atoms. The smallest absolute Gasteiger partial charge is 0.409 e. The molecule has 1 atom stereocenters. The normalized spacial score (nSPS) is 15.2. The van der Waals surface area contributed by atoms with E-state index in [-0.39, 0.29) is 23.5 Å². The summed E-state index contributed by atoms with van der Waals surface area (Å²) in [4.78, 5) is 27.6. The first-order valence-electron chi connectivity index (χ1n) is 9.36. The maximum Gasteiger partial charge on any atom is 0.409 e. The summed E-state index contributed by atoms with van der Waals surface area (Å²) in [5, 5.41) is 0.582. The zero-order chi connectivity index (χ0) is 20.8. The van der Waals surface area contributed by atoms with Crippen LogP contribution >= 0.6 is 11.6 Å². The second-order valence-electron chi connectivity index (χ2n) is 6.56. The number of amides is 2. The predicted molar refractivity (Wildman–Crippen MR) is 110 cm³/mol. The van der Waals surface area contributed by atoms with E-state index in [4.69, 9.17) is 20.8 Å². The summed E-state index contributed by atoms with van der Waals surface area (Å²) >= 11 is 6.11. The Balaban J connectivity index is 1.53. The molecule has 1 aromatic carbocycles. The molecule has 0 unspecified atom stereocenters. The van der Waals surface area contributed by atoms with Gasteiger partial charge in [0.15, 0.2) is 5.76 Å². The zero-order valence-electron chi connectivity index (χ0n) is 16.1. The van der Waals surface area contributed by atoms with E-state index in [1.54, 1.807) is 34.9 Å². The molecule has 0 saturated carbocycles. The lowest BCUT2D eigenvalue weighted by atomic mass is 10.2. The molecule has 2 heterocycles. The van der Waals surface area contributed by atoms with Crippen molar-refractivity contribution < 1.29 is 23.0 Å². The third-order valence-electron chi connectivity index (χ3n) is 4.54. The van der Waals surface area contributed by atoms with Crippen LogP contribution in [0.1, 0.15) is 28.8 Å². The Labute approximate surface area is 177 Å². The summed E-state index contributed by atoms with van der Waals surface area (Å²) in [6.45, 7) is 3.73. The summed E-state index contributed by atoms with van der Waals surface area (Å²) in [6, 6.07) is 10.6. The van der Waals surface area contributed by atoms with Gasteiger partial charge in [-0.1, -0.05) is 29.8 Å². The quantitative estimate of drug-likeness (QED) is 0.691. The first-order chi connectivity index (χ1) is 14.0. The van der Waals surface area contributed by atoms with Gasteiger partial charge in [-0.2, -0.15) is 0 Å². The van der Waals surface area contributed by atoms with Crippen molar-refractivity contribution in [2.45, 2.75) is 18.4 Å². The van der Waals surface area contributed by atoms with Gasteiger partial charge < -0.3 is 19.0 Å². The number of halogens is 1. The first kappa shape index (κ1) is 21.4. The molecule has 1 fully saturated rings. The molecule has 156 valence electrons. The van der Waals surface area contributed by atoms with Crippen LogP contribution < -0.4 is 0 Å². The van der Waals surface area contributed by atoms with Crippen molar-refractivity contribution >= 4 is 34.4 Å². The highest BCUT2D eigenvalue weighted by molar-refractivity contribution is 7.83. The third kappa shape index (κ3) is 5.61. The minimum atomic E-state index is -1.21. The summed E-state index contributed by atoms with van der Waals surface area (Å²) < 4.78 is 23.0. The molecule has 7 nitrogen and oxygen atoms in total. The van der Waals surface area contributed by atoms with Gasteiger partial charge in [0.05, 0.1) is 18.1 Å². The minimum absolute atomic E-state index is 0.204. The lowest BCUT2D eigenvalue weighted by Crippen LogP contribution is -2.50. The first-order valence-corrected chi connectivity index (χ1v) is 11.2. The Morgan fingerprint density at radius 1 is 1.07 bits per heavy atom. The molecule has 0 aliphatic carbocycles. The van der Waals surface area contributed by atoms with Gasteiger partial charge in [-0.3, -0.25) is 9.00 Å². The van der Waals surface area contributed by atoms with E-state index in [0.717, 1.165) is 5.56 Å². The van der Waals surface area contributed by atoms with E-state index in [1.165, 1.54) is 0 Å². The Morgan fingerprint density at radius 3 is 2.45 bits per heavy atom. The van der Waals surface area contributed by atoms with E-state index < -0.39 is 10.8 Å². The number of benzene rings is 1. The topological polar surface area (TPSA) is 80.1 Å². The number of carbonyl (C=O) groups excluding carboxylic acids is 2. The zero-order valence-corrected chi connectivity index (χ0v) is 17.7. The highest BCUT2D eigenvalue weighted by Crippen LogP contribution is 2.19. The van der Waals surface area contributed by atoms with Crippen molar-refractivity contribution in [1.29, 1.82) is 0 Å². The average Bonchev–Trinajstić information content (AvgIpc) is 3.18. The molecule has 1 aromatic heterocycles. The van der Waals surface area contributed by atoms with Gasteiger partial charge in [-0.25, -0.2) is 4.79 Å². The second-order valence-corrected chi connectivity index (χ2v) is 8.43. The summed E-state index contributed by atoms with van der Waals surface area (Å²) in [5.74, 6) is 0.981. The lowest BCUT2D eigenvalue weighted by molar-refractivity contribution is 0.0545. The lowest BCUT2D eigenvalue weighted by Gasteiger charge is -2.33. The Bertz CT molecular complexity index is 893. The summed E-state index contributed by atoms with van der Waals surface area (Å²) in [6.07, 6.45) is -0.360. The van der Waals surface area contributed by atoms with Gasteiger partial charge in [0.2, 0.25) is 0 Å². The van der Waals surface area contributed by atoms with Crippen LogP contribution in [0.15, 0.2) is 40.8 Å². The molecule has 29 heavy (non-hydrogen) atoms. The van der Waals surface area contributed by atoms with Crippen LogP contribution in [-0.4, -0.2) is 58.8 Å². The molecule has 0 spiro atoms. The Morgan fingerprint density at radius 2 is 1.76 bits per heavy atom. The molecule has 0 N–H and O–H groups in total. The molecule has 0 radical (unpaired) electrons. The van der Waals surface area contributed by atoms with Gasteiger partial charge in [-0.05, 0) is 30.7 Å². The molecular formula is C20H23ClN2O5S. The fraction of sp³-hybridized carbons (Fsp3) is 0.400. The number of rotatable bonds is 6. The fourth-order valence-corrected chi connectivity index (χ4v) is 4.49. The van der Waals surface area contributed by atoms with Crippen molar-refractivity contribution in [2.75, 3.05) is 32.8 Å². The number of piperazine rings is 1. The van der Waals surface area contributed by atoms with E-state index >= 15 is 0 Å². The Kier molecular flexibility index (Phi) is 7.33. The summed E-state index contributed by atoms with van der Waals surface area (Å²) in [5.41, 5.74) is 0.815. The van der Waals surface area contributed by atoms with Crippen molar-refractivity contribution in [1.82, 2.24) is 9.80 Å². The largest absolute Gasteiger partial charge is 0.455 e. The highest BCUT2D eigenvalue weighted by Gasteiger charge is 2.27. The number of ether oxygens (including phenoxy) is 1. The van der Waals surface area contributed by atoms with Gasteiger partial charge in [0.25, 0.3) is 5.91 Å². The number of hydrogen-bond acceptors (Lipinski definition) is 5. The number of furan rings is 1. The third-order valence-corrected chi connectivity index (χ3v) is 6.15. The van der Waals surface area contributed by atoms with Gasteiger partial charge in [0.1, 0.15) is 5.76 Å². The van der Waals surface area contributed by atoms with Crippen molar-refractivity contribution in [3.63, 3.8) is 0 Å². The van der Waals surface area contributed by atoms with E-state index in [0.29, 0.717) is 49.3 Å². The summed E-state index contributed by atoms with van der Waals surface area (Å²) in [7, 11) is -1.21. The van der Waals surface area contributed by atoms with Crippen LogP contribution in [0.25, 0.3) is 0 Å². The average molecular weight is 439 g/mol. The molecule has 2 aromatic rings. The van der Waals surface area contributed by atoms with E-state index in [9.17, 15) is 13.8 Å². The maximum atomic E-state index is 12.6. The van der Waals surface area contributed by atoms with Crippen molar-refractivity contribution in [2.24, 2.45) is 0 Å². The van der Waals surface area contributed by atoms with Crippen LogP contribution in [0.2, 0.25) is 5.02 Å². The molecule has 1 aliphatic heterocycles. The van der Waals surface area contributed by atoms with E-state index in [2.05, 4.69) is 0 Å². The van der Waals surface area contributed by atoms with Crippen LogP contribution in [0.4, 0.5) is 4.79 Å². The van der Waals surface area contributed by atoms with Crippen molar-refractivity contribution in [3.05, 3.63) is 58.5 Å². The SMILES string of the molecule is CCOC(=O)N1CCN(C(=O)c2ccc(C[S@@](=O)Cc3ccccc3Cl)o2)CC1. The number of hydrogen-bond donors (Lipinski definition) is 0. The molecular weight excluding hydrogens is 416 g/mol. The van der Waals surface area contributed by atoms with Crippen LogP contribution in [0.5, 0.6) is 0 Å². The van der Waals surface area contributed by atoms with Gasteiger partial charge >= 0.3 is 6.09 Å². The van der Waals surface area contributed by atoms with Gasteiger partial charge in [0, 0.05) is 42.0 Å².